The Morgan fingerprint density at radius 3 is 2.35 bits per heavy atom. The summed E-state index contributed by atoms with van der Waals surface area (Å²) in [5, 5.41) is 21.3. The van der Waals surface area contributed by atoms with Crippen LogP contribution in [-0.2, 0) is 11.8 Å². The SMILES string of the molecule is C=C(C)[C@H]1CCC(C)=C[C@@]1(CCc1ccccc1)c1c(O)cccc1O. The zero-order valence-electron chi connectivity index (χ0n) is 15.7. The summed E-state index contributed by atoms with van der Waals surface area (Å²) in [5.74, 6) is 0.514. The Labute approximate surface area is 156 Å². The van der Waals surface area contributed by atoms with E-state index in [-0.39, 0.29) is 17.4 Å². The van der Waals surface area contributed by atoms with Crippen LogP contribution in [0.4, 0.5) is 0 Å². The number of rotatable bonds is 5. The number of phenolic OH excluding ortho intramolecular Hbond substituents is 2. The molecule has 2 aromatic rings. The van der Waals surface area contributed by atoms with Crippen molar-refractivity contribution < 1.29 is 10.2 Å². The van der Waals surface area contributed by atoms with Crippen molar-refractivity contribution in [3.63, 3.8) is 0 Å². The topological polar surface area (TPSA) is 40.5 Å². The first-order chi connectivity index (χ1) is 12.4. The number of benzene rings is 2. The third-order valence-corrected chi connectivity index (χ3v) is 5.70. The smallest absolute Gasteiger partial charge is 0.123 e. The van der Waals surface area contributed by atoms with Gasteiger partial charge in [-0.1, -0.05) is 60.2 Å². The lowest BCUT2D eigenvalue weighted by molar-refractivity contribution is 0.293. The molecule has 2 heteroatoms. The van der Waals surface area contributed by atoms with Gasteiger partial charge in [-0.15, -0.1) is 0 Å². The van der Waals surface area contributed by atoms with E-state index in [1.54, 1.807) is 18.2 Å². The van der Waals surface area contributed by atoms with Gasteiger partial charge in [0, 0.05) is 11.0 Å². The lowest BCUT2D eigenvalue weighted by atomic mass is 9.59. The summed E-state index contributed by atoms with van der Waals surface area (Å²) in [6.07, 6.45) is 5.98. The van der Waals surface area contributed by atoms with E-state index in [0.717, 1.165) is 31.3 Å². The first-order valence-electron chi connectivity index (χ1n) is 9.33. The van der Waals surface area contributed by atoms with Crippen molar-refractivity contribution in [2.24, 2.45) is 5.92 Å². The highest BCUT2D eigenvalue weighted by Gasteiger charge is 2.44. The molecule has 2 atom stereocenters. The Hall–Kier alpha value is -2.48. The molecule has 0 bridgehead atoms. The summed E-state index contributed by atoms with van der Waals surface area (Å²) in [7, 11) is 0. The van der Waals surface area contributed by atoms with E-state index in [9.17, 15) is 10.2 Å². The molecule has 2 N–H and O–H groups in total. The molecule has 26 heavy (non-hydrogen) atoms. The average Bonchev–Trinajstić information content (AvgIpc) is 2.60. The van der Waals surface area contributed by atoms with E-state index in [0.29, 0.717) is 5.56 Å². The first kappa shape index (κ1) is 18.3. The molecule has 0 fully saturated rings. The zero-order valence-corrected chi connectivity index (χ0v) is 15.7. The van der Waals surface area contributed by atoms with Crippen molar-refractivity contribution in [3.8, 4) is 11.5 Å². The van der Waals surface area contributed by atoms with Crippen LogP contribution in [0.3, 0.4) is 0 Å². The molecule has 1 aliphatic rings. The number of hydrogen-bond donors (Lipinski definition) is 2. The van der Waals surface area contributed by atoms with E-state index < -0.39 is 5.41 Å². The van der Waals surface area contributed by atoms with Gasteiger partial charge in [-0.25, -0.2) is 0 Å². The van der Waals surface area contributed by atoms with Gasteiger partial charge in [0.2, 0.25) is 0 Å². The molecule has 3 rings (SSSR count). The Balaban J connectivity index is 2.14. The molecule has 0 unspecified atom stereocenters. The minimum Gasteiger partial charge on any atom is -0.507 e. The van der Waals surface area contributed by atoms with Crippen molar-refractivity contribution in [1.82, 2.24) is 0 Å². The maximum Gasteiger partial charge on any atom is 0.123 e. The van der Waals surface area contributed by atoms with Crippen LogP contribution >= 0.6 is 0 Å². The molecule has 0 aromatic heterocycles. The highest BCUT2D eigenvalue weighted by atomic mass is 16.3. The normalized spacial score (nSPS) is 22.7. The lowest BCUT2D eigenvalue weighted by Crippen LogP contribution is -2.37. The van der Waals surface area contributed by atoms with Crippen LogP contribution in [0.5, 0.6) is 11.5 Å². The minimum absolute atomic E-state index is 0.162. The van der Waals surface area contributed by atoms with Crippen molar-refractivity contribution in [2.45, 2.75) is 44.9 Å². The number of allylic oxidation sites excluding steroid dienone is 3. The van der Waals surface area contributed by atoms with Crippen molar-refractivity contribution in [3.05, 3.63) is 83.5 Å². The third kappa shape index (κ3) is 3.41. The fourth-order valence-electron chi connectivity index (χ4n) is 4.55. The molecule has 0 amide bonds. The summed E-state index contributed by atoms with van der Waals surface area (Å²) < 4.78 is 0. The molecule has 1 aliphatic carbocycles. The number of aromatic hydroxyl groups is 2. The van der Waals surface area contributed by atoms with Crippen LogP contribution in [0, 0.1) is 5.92 Å². The molecule has 0 saturated carbocycles. The van der Waals surface area contributed by atoms with E-state index >= 15 is 0 Å². The largest absolute Gasteiger partial charge is 0.507 e. The van der Waals surface area contributed by atoms with Gasteiger partial charge < -0.3 is 10.2 Å². The molecule has 0 heterocycles. The van der Waals surface area contributed by atoms with Gasteiger partial charge in [0.25, 0.3) is 0 Å². The van der Waals surface area contributed by atoms with Gasteiger partial charge in [0.05, 0.1) is 0 Å². The summed E-state index contributed by atoms with van der Waals surface area (Å²) in [5.41, 5.74) is 3.86. The van der Waals surface area contributed by atoms with Gasteiger partial charge in [0.1, 0.15) is 11.5 Å². The quantitative estimate of drug-likeness (QED) is 0.660. The summed E-state index contributed by atoms with van der Waals surface area (Å²) in [4.78, 5) is 0. The van der Waals surface area contributed by atoms with Crippen LogP contribution in [0.25, 0.3) is 0 Å². The van der Waals surface area contributed by atoms with Crippen molar-refractivity contribution in [2.75, 3.05) is 0 Å². The van der Waals surface area contributed by atoms with Crippen LogP contribution in [0.1, 0.15) is 44.2 Å². The van der Waals surface area contributed by atoms with Gasteiger partial charge in [-0.05, 0) is 63.1 Å². The van der Waals surface area contributed by atoms with E-state index in [2.05, 4.69) is 50.8 Å². The lowest BCUT2D eigenvalue weighted by Gasteiger charge is -2.44. The summed E-state index contributed by atoms with van der Waals surface area (Å²) >= 11 is 0. The third-order valence-electron chi connectivity index (χ3n) is 5.70. The molecule has 136 valence electrons. The molecular weight excluding hydrogens is 320 g/mol. The number of phenols is 2. The van der Waals surface area contributed by atoms with Crippen LogP contribution < -0.4 is 0 Å². The molecule has 0 aliphatic heterocycles. The van der Waals surface area contributed by atoms with Crippen LogP contribution in [0.2, 0.25) is 0 Å². The predicted molar refractivity (Wildman–Crippen MR) is 108 cm³/mol. The Morgan fingerprint density at radius 1 is 1.08 bits per heavy atom. The average molecular weight is 348 g/mol. The Kier molecular flexibility index (Phi) is 5.22. The van der Waals surface area contributed by atoms with Gasteiger partial charge in [0.15, 0.2) is 0 Å². The van der Waals surface area contributed by atoms with E-state index in [1.807, 2.05) is 6.07 Å². The van der Waals surface area contributed by atoms with Crippen LogP contribution in [-0.4, -0.2) is 10.2 Å². The molecular formula is C24H28O2. The van der Waals surface area contributed by atoms with Gasteiger partial charge in [-0.2, -0.15) is 0 Å². The second kappa shape index (κ2) is 7.41. The maximum atomic E-state index is 10.7. The molecule has 2 nitrogen and oxygen atoms in total. The van der Waals surface area contributed by atoms with Crippen molar-refractivity contribution in [1.29, 1.82) is 0 Å². The van der Waals surface area contributed by atoms with Crippen LogP contribution in [0.15, 0.2) is 72.3 Å². The maximum absolute atomic E-state index is 10.7. The Morgan fingerprint density at radius 2 is 1.73 bits per heavy atom. The van der Waals surface area contributed by atoms with Gasteiger partial charge in [-0.3, -0.25) is 0 Å². The zero-order chi connectivity index (χ0) is 18.7. The number of hydrogen-bond acceptors (Lipinski definition) is 2. The van der Waals surface area contributed by atoms with Crippen molar-refractivity contribution >= 4 is 0 Å². The molecule has 0 radical (unpaired) electrons. The first-order valence-corrected chi connectivity index (χ1v) is 9.33. The summed E-state index contributed by atoms with van der Waals surface area (Å²) in [6.45, 7) is 8.45. The highest BCUT2D eigenvalue weighted by molar-refractivity contribution is 5.53. The summed E-state index contributed by atoms with van der Waals surface area (Å²) in [6, 6.07) is 15.4. The molecule has 2 aromatic carbocycles. The highest BCUT2D eigenvalue weighted by Crippen LogP contribution is 2.53. The number of aryl methyl sites for hydroxylation is 1. The monoisotopic (exact) mass is 348 g/mol. The standard InChI is InChI=1S/C24H28O2/c1-17(2)20-13-12-18(3)16-24(20,15-14-19-8-5-4-6-9-19)23-21(25)10-7-11-22(23)26/h4-11,16,20,25-26H,1,12-15H2,2-3H3/t20-,24-/m1/s1. The fraction of sp³-hybridized carbons (Fsp3) is 0.333. The van der Waals surface area contributed by atoms with E-state index in [1.165, 1.54) is 11.1 Å². The molecule has 0 saturated heterocycles. The fourth-order valence-corrected chi connectivity index (χ4v) is 4.55. The molecule has 0 spiro atoms. The predicted octanol–water partition coefficient (Wildman–Crippen LogP) is 5.90. The Bertz CT molecular complexity index is 799. The minimum atomic E-state index is -0.445. The van der Waals surface area contributed by atoms with Gasteiger partial charge >= 0.3 is 0 Å². The second-order valence-electron chi connectivity index (χ2n) is 7.63. The second-order valence-corrected chi connectivity index (χ2v) is 7.63. The van der Waals surface area contributed by atoms with E-state index in [4.69, 9.17) is 0 Å².